The largest absolute Gasteiger partial charge is 0.335 e. The van der Waals surface area contributed by atoms with Gasteiger partial charge in [-0.3, -0.25) is 9.69 Å². The molecule has 0 aliphatic carbocycles. The smallest absolute Gasteiger partial charge is 0.265 e. The molecule has 0 saturated carbocycles. The van der Waals surface area contributed by atoms with Crippen molar-refractivity contribution < 1.29 is 9.18 Å². The first kappa shape index (κ1) is 18.7. The third-order valence-corrected chi connectivity index (χ3v) is 6.62. The molecule has 1 aromatic heterocycles. The molecule has 1 fully saturated rings. The average Bonchev–Trinajstić information content (AvgIpc) is 2.97. The molecule has 27 heavy (non-hydrogen) atoms. The topological polar surface area (TPSA) is 23.6 Å². The number of hydrogen-bond acceptors (Lipinski definition) is 3. The van der Waals surface area contributed by atoms with Gasteiger partial charge in [-0.2, -0.15) is 0 Å². The second-order valence-corrected chi connectivity index (χ2v) is 8.45. The number of fused-ring (bicyclic) bond motifs is 1. The fraction of sp³-hybridized carbons (Fsp3) is 0.250. The van der Waals surface area contributed by atoms with Crippen molar-refractivity contribution in [3.05, 3.63) is 68.8 Å². The molecule has 0 radical (unpaired) electrons. The molecule has 1 aliphatic rings. The van der Waals surface area contributed by atoms with Gasteiger partial charge in [0.25, 0.3) is 5.91 Å². The molecule has 0 atom stereocenters. The van der Waals surface area contributed by atoms with Crippen LogP contribution >= 0.6 is 34.5 Å². The van der Waals surface area contributed by atoms with Gasteiger partial charge >= 0.3 is 0 Å². The fourth-order valence-corrected chi connectivity index (χ4v) is 5.08. The molecule has 7 heteroatoms. The van der Waals surface area contributed by atoms with Crippen molar-refractivity contribution >= 4 is 50.5 Å². The third kappa shape index (κ3) is 3.97. The minimum atomic E-state index is -0.221. The van der Waals surface area contributed by atoms with Gasteiger partial charge in [0.1, 0.15) is 10.7 Å². The van der Waals surface area contributed by atoms with Crippen LogP contribution in [0.15, 0.2) is 42.5 Å². The molecule has 0 spiro atoms. The van der Waals surface area contributed by atoms with Crippen molar-refractivity contribution in [1.82, 2.24) is 9.80 Å². The summed E-state index contributed by atoms with van der Waals surface area (Å²) < 4.78 is 14.3. The fourth-order valence-electron chi connectivity index (χ4n) is 3.32. The van der Waals surface area contributed by atoms with E-state index in [0.717, 1.165) is 28.7 Å². The van der Waals surface area contributed by atoms with E-state index >= 15 is 0 Å². The summed E-state index contributed by atoms with van der Waals surface area (Å²) in [5.41, 5.74) is 0.944. The van der Waals surface area contributed by atoms with Crippen LogP contribution in [-0.4, -0.2) is 41.9 Å². The SMILES string of the molecule is O=C(c1sc2cc(Cl)ccc2c1Cl)N1CCN(Cc2cccc(F)c2)CC1. The van der Waals surface area contributed by atoms with Crippen LogP contribution in [0.1, 0.15) is 15.2 Å². The number of halogens is 3. The van der Waals surface area contributed by atoms with Crippen molar-refractivity contribution in [1.29, 1.82) is 0 Å². The van der Waals surface area contributed by atoms with Gasteiger partial charge in [-0.15, -0.1) is 11.3 Å². The Morgan fingerprint density at radius 2 is 1.85 bits per heavy atom. The molecule has 2 heterocycles. The van der Waals surface area contributed by atoms with E-state index in [-0.39, 0.29) is 11.7 Å². The first-order valence-electron chi connectivity index (χ1n) is 8.65. The number of benzene rings is 2. The zero-order valence-corrected chi connectivity index (χ0v) is 16.8. The van der Waals surface area contributed by atoms with E-state index in [1.165, 1.54) is 17.4 Å². The zero-order chi connectivity index (χ0) is 19.0. The van der Waals surface area contributed by atoms with Gasteiger partial charge in [0, 0.05) is 47.8 Å². The van der Waals surface area contributed by atoms with Crippen molar-refractivity contribution in [2.75, 3.05) is 26.2 Å². The number of hydrogen-bond donors (Lipinski definition) is 0. The molecular weight excluding hydrogens is 406 g/mol. The first-order valence-corrected chi connectivity index (χ1v) is 10.2. The molecule has 1 saturated heterocycles. The lowest BCUT2D eigenvalue weighted by molar-refractivity contribution is 0.0633. The molecule has 3 aromatic rings. The Balaban J connectivity index is 1.43. The maximum absolute atomic E-state index is 13.3. The summed E-state index contributed by atoms with van der Waals surface area (Å²) in [6.45, 7) is 3.42. The van der Waals surface area contributed by atoms with Crippen LogP contribution in [0.25, 0.3) is 10.1 Å². The van der Waals surface area contributed by atoms with Crippen LogP contribution in [0.3, 0.4) is 0 Å². The first-order chi connectivity index (χ1) is 13.0. The summed E-state index contributed by atoms with van der Waals surface area (Å²) >= 11 is 13.9. The number of rotatable bonds is 3. The van der Waals surface area contributed by atoms with E-state index in [9.17, 15) is 9.18 Å². The van der Waals surface area contributed by atoms with E-state index in [1.807, 2.05) is 23.1 Å². The minimum absolute atomic E-state index is 0.0391. The van der Waals surface area contributed by atoms with E-state index in [1.54, 1.807) is 18.2 Å². The zero-order valence-electron chi connectivity index (χ0n) is 14.4. The third-order valence-electron chi connectivity index (χ3n) is 4.74. The number of amides is 1. The van der Waals surface area contributed by atoms with Gasteiger partial charge in [0.15, 0.2) is 0 Å². The Labute approximate surface area is 170 Å². The van der Waals surface area contributed by atoms with Crippen molar-refractivity contribution in [2.45, 2.75) is 6.54 Å². The highest BCUT2D eigenvalue weighted by Gasteiger charge is 2.26. The van der Waals surface area contributed by atoms with Crippen molar-refractivity contribution in [2.24, 2.45) is 0 Å². The highest BCUT2D eigenvalue weighted by Crippen LogP contribution is 2.37. The number of carbonyl (C=O) groups is 1. The van der Waals surface area contributed by atoms with E-state index in [2.05, 4.69) is 4.90 Å². The molecule has 3 nitrogen and oxygen atoms in total. The second kappa shape index (κ2) is 7.76. The highest BCUT2D eigenvalue weighted by molar-refractivity contribution is 7.21. The van der Waals surface area contributed by atoms with E-state index < -0.39 is 0 Å². The Morgan fingerprint density at radius 3 is 2.59 bits per heavy atom. The molecule has 2 aromatic carbocycles. The lowest BCUT2D eigenvalue weighted by Gasteiger charge is -2.34. The molecule has 140 valence electrons. The number of thiophene rings is 1. The molecule has 0 unspecified atom stereocenters. The molecular formula is C20H17Cl2FN2OS. The maximum Gasteiger partial charge on any atom is 0.265 e. The van der Waals surface area contributed by atoms with Crippen LogP contribution in [0.2, 0.25) is 10.0 Å². The Morgan fingerprint density at radius 1 is 1.07 bits per heavy atom. The normalized spacial score (nSPS) is 15.4. The molecule has 1 aliphatic heterocycles. The number of piperazine rings is 1. The van der Waals surface area contributed by atoms with E-state index in [4.69, 9.17) is 23.2 Å². The molecule has 0 N–H and O–H groups in total. The van der Waals surface area contributed by atoms with Crippen LogP contribution in [0.5, 0.6) is 0 Å². The Hall–Kier alpha value is -1.66. The standard InChI is InChI=1S/C20H17Cl2FN2OS/c21-14-4-5-16-17(11-14)27-19(18(16)22)20(26)25-8-6-24(7-9-25)12-13-2-1-3-15(23)10-13/h1-5,10-11H,6-9,12H2. The van der Waals surface area contributed by atoms with Gasteiger partial charge in [-0.25, -0.2) is 4.39 Å². The summed E-state index contributed by atoms with van der Waals surface area (Å²) in [5, 5.41) is 1.99. The lowest BCUT2D eigenvalue weighted by Crippen LogP contribution is -2.48. The van der Waals surface area contributed by atoms with Crippen LogP contribution in [-0.2, 0) is 6.54 Å². The second-order valence-electron chi connectivity index (χ2n) is 6.58. The van der Waals surface area contributed by atoms with Crippen molar-refractivity contribution in [3.8, 4) is 0 Å². The minimum Gasteiger partial charge on any atom is -0.335 e. The van der Waals surface area contributed by atoms with Gasteiger partial charge in [0.05, 0.1) is 5.02 Å². The lowest BCUT2D eigenvalue weighted by atomic mass is 10.2. The Kier molecular flexibility index (Phi) is 5.37. The quantitative estimate of drug-likeness (QED) is 0.571. The molecule has 1 amide bonds. The summed E-state index contributed by atoms with van der Waals surface area (Å²) in [5.74, 6) is -0.261. The maximum atomic E-state index is 13.3. The Bertz CT molecular complexity index is 999. The highest BCUT2D eigenvalue weighted by atomic mass is 35.5. The van der Waals surface area contributed by atoms with E-state index in [0.29, 0.717) is 34.6 Å². The molecule has 4 rings (SSSR count). The summed E-state index contributed by atoms with van der Waals surface area (Å²) in [4.78, 5) is 17.6. The summed E-state index contributed by atoms with van der Waals surface area (Å²) in [7, 11) is 0. The van der Waals surface area contributed by atoms with Gasteiger partial charge in [-0.05, 0) is 29.8 Å². The molecule has 0 bridgehead atoms. The number of nitrogens with zero attached hydrogens (tertiary/aromatic N) is 2. The predicted octanol–water partition coefficient (Wildman–Crippen LogP) is 5.31. The van der Waals surface area contributed by atoms with Gasteiger partial charge in [0.2, 0.25) is 0 Å². The van der Waals surface area contributed by atoms with Crippen LogP contribution in [0, 0.1) is 5.82 Å². The van der Waals surface area contributed by atoms with Gasteiger partial charge < -0.3 is 4.90 Å². The van der Waals surface area contributed by atoms with Crippen molar-refractivity contribution in [3.63, 3.8) is 0 Å². The van der Waals surface area contributed by atoms with Crippen LogP contribution < -0.4 is 0 Å². The average molecular weight is 423 g/mol. The summed E-state index contributed by atoms with van der Waals surface area (Å²) in [6, 6.07) is 12.1. The van der Waals surface area contributed by atoms with Gasteiger partial charge in [-0.1, -0.05) is 41.4 Å². The summed E-state index contributed by atoms with van der Waals surface area (Å²) in [6.07, 6.45) is 0. The monoisotopic (exact) mass is 422 g/mol. The number of carbonyl (C=O) groups excluding carboxylic acids is 1. The van der Waals surface area contributed by atoms with Crippen LogP contribution in [0.4, 0.5) is 4.39 Å². The predicted molar refractivity (Wildman–Crippen MR) is 109 cm³/mol.